The lowest BCUT2D eigenvalue weighted by atomic mass is 10.2. The highest BCUT2D eigenvalue weighted by atomic mass is 16.5. The van der Waals surface area contributed by atoms with E-state index in [1.807, 2.05) is 0 Å². The van der Waals surface area contributed by atoms with E-state index in [9.17, 15) is 9.59 Å². The van der Waals surface area contributed by atoms with Gasteiger partial charge in [0.25, 0.3) is 0 Å². The first kappa shape index (κ1) is 11.1. The molecule has 0 saturated heterocycles. The number of esters is 1. The second kappa shape index (κ2) is 4.65. The van der Waals surface area contributed by atoms with Gasteiger partial charge in [-0.05, 0) is 24.6 Å². The van der Waals surface area contributed by atoms with Crippen molar-refractivity contribution < 1.29 is 13.9 Å². The number of hydrogen-bond donors (Lipinski definition) is 1. The van der Waals surface area contributed by atoms with Crippen LogP contribution in [0.3, 0.4) is 0 Å². The number of pyridine rings is 1. The van der Waals surface area contributed by atoms with Gasteiger partial charge in [-0.1, -0.05) is 0 Å². The van der Waals surface area contributed by atoms with Crippen molar-refractivity contribution in [2.24, 2.45) is 0 Å². The van der Waals surface area contributed by atoms with E-state index in [0.29, 0.717) is 23.4 Å². The van der Waals surface area contributed by atoms with E-state index in [2.05, 4.69) is 9.97 Å². The maximum Gasteiger partial charge on any atom is 0.418 e. The Morgan fingerprint density at radius 2 is 2.47 bits per heavy atom. The van der Waals surface area contributed by atoms with E-state index in [1.54, 1.807) is 13.0 Å². The summed E-state index contributed by atoms with van der Waals surface area (Å²) in [5.74, 6) is -0.984. The molecule has 2 aromatic rings. The van der Waals surface area contributed by atoms with Gasteiger partial charge in [-0.3, -0.25) is 4.98 Å². The monoisotopic (exact) mass is 234 g/mol. The predicted octanol–water partition coefficient (Wildman–Crippen LogP) is 1.09. The highest BCUT2D eigenvalue weighted by molar-refractivity contribution is 5.87. The number of aromatic amines is 1. The van der Waals surface area contributed by atoms with Crippen molar-refractivity contribution >= 4 is 23.3 Å². The smallest absolute Gasteiger partial charge is 0.418 e. The number of nitrogens with zero attached hydrogens (tertiary/aromatic N) is 1. The van der Waals surface area contributed by atoms with Gasteiger partial charge in [-0.2, -0.15) is 0 Å². The molecule has 88 valence electrons. The number of hydrogen-bond acceptors (Lipinski definition) is 5. The molecule has 2 aromatic heterocycles. The number of aromatic nitrogens is 2. The Bertz CT molecular complexity index is 624. The average molecular weight is 234 g/mol. The number of fused-ring (bicyclic) bond motifs is 1. The highest BCUT2D eigenvalue weighted by Crippen LogP contribution is 2.10. The fourth-order valence-electron chi connectivity index (χ4n) is 1.30. The second-order valence-corrected chi connectivity index (χ2v) is 3.22. The number of H-pyrrole nitrogens is 1. The average Bonchev–Trinajstić information content (AvgIpc) is 2.66. The van der Waals surface area contributed by atoms with Crippen molar-refractivity contribution in [1.29, 1.82) is 0 Å². The van der Waals surface area contributed by atoms with Crippen molar-refractivity contribution in [2.75, 3.05) is 6.61 Å². The summed E-state index contributed by atoms with van der Waals surface area (Å²) in [6, 6.07) is 1.61. The number of ether oxygens (including phenoxy) is 1. The molecule has 0 aliphatic rings. The Morgan fingerprint density at radius 1 is 1.65 bits per heavy atom. The minimum atomic E-state index is -0.556. The topological polar surface area (TPSA) is 85.2 Å². The van der Waals surface area contributed by atoms with Gasteiger partial charge in [0.05, 0.1) is 6.61 Å². The van der Waals surface area contributed by atoms with Crippen LogP contribution in [-0.2, 0) is 9.53 Å². The van der Waals surface area contributed by atoms with E-state index in [0.717, 1.165) is 0 Å². The lowest BCUT2D eigenvalue weighted by Gasteiger charge is -1.95. The van der Waals surface area contributed by atoms with Crippen LogP contribution in [0.4, 0.5) is 0 Å². The molecule has 0 radical (unpaired) electrons. The molecule has 0 bridgehead atoms. The van der Waals surface area contributed by atoms with E-state index in [-0.39, 0.29) is 0 Å². The summed E-state index contributed by atoms with van der Waals surface area (Å²) in [5, 5.41) is 0. The molecular formula is C11H10N2O4. The summed E-state index contributed by atoms with van der Waals surface area (Å²) in [7, 11) is 0. The summed E-state index contributed by atoms with van der Waals surface area (Å²) in [6.45, 7) is 2.06. The van der Waals surface area contributed by atoms with Crippen molar-refractivity contribution in [2.45, 2.75) is 6.92 Å². The zero-order valence-corrected chi connectivity index (χ0v) is 9.10. The Kier molecular flexibility index (Phi) is 3.04. The van der Waals surface area contributed by atoms with E-state index >= 15 is 0 Å². The molecular weight excluding hydrogens is 224 g/mol. The van der Waals surface area contributed by atoms with Gasteiger partial charge in [0.2, 0.25) is 0 Å². The van der Waals surface area contributed by atoms with Crippen molar-refractivity contribution in [3.63, 3.8) is 0 Å². The summed E-state index contributed by atoms with van der Waals surface area (Å²) in [5.41, 5.74) is 1.37. The van der Waals surface area contributed by atoms with Gasteiger partial charge in [-0.15, -0.1) is 0 Å². The number of rotatable bonds is 3. The van der Waals surface area contributed by atoms with Crippen LogP contribution in [0.2, 0.25) is 0 Å². The minimum Gasteiger partial charge on any atom is -0.463 e. The van der Waals surface area contributed by atoms with Gasteiger partial charge in [0, 0.05) is 12.3 Å². The normalized spacial score (nSPS) is 11.1. The van der Waals surface area contributed by atoms with Gasteiger partial charge in [0.1, 0.15) is 0 Å². The second-order valence-electron chi connectivity index (χ2n) is 3.22. The third kappa shape index (κ3) is 2.60. The fourth-order valence-corrected chi connectivity index (χ4v) is 1.30. The Labute approximate surface area is 95.9 Å². The van der Waals surface area contributed by atoms with Crippen LogP contribution in [0.15, 0.2) is 27.6 Å². The largest absolute Gasteiger partial charge is 0.463 e. The van der Waals surface area contributed by atoms with E-state index in [4.69, 9.17) is 9.15 Å². The molecule has 0 unspecified atom stereocenters. The molecule has 6 nitrogen and oxygen atoms in total. The maximum absolute atomic E-state index is 11.1. The lowest BCUT2D eigenvalue weighted by molar-refractivity contribution is -0.137. The molecule has 0 saturated carbocycles. The zero-order valence-electron chi connectivity index (χ0n) is 9.10. The van der Waals surface area contributed by atoms with Crippen LogP contribution in [-0.4, -0.2) is 22.5 Å². The molecule has 2 rings (SSSR count). The summed E-state index contributed by atoms with van der Waals surface area (Å²) >= 11 is 0. The first-order valence-corrected chi connectivity index (χ1v) is 5.02. The van der Waals surface area contributed by atoms with Crippen LogP contribution in [0.5, 0.6) is 0 Å². The first-order valence-electron chi connectivity index (χ1n) is 5.02. The van der Waals surface area contributed by atoms with Gasteiger partial charge < -0.3 is 9.15 Å². The van der Waals surface area contributed by atoms with E-state index < -0.39 is 11.7 Å². The molecule has 0 fully saturated rings. The summed E-state index contributed by atoms with van der Waals surface area (Å²) in [4.78, 5) is 28.4. The van der Waals surface area contributed by atoms with Crippen LogP contribution in [0.1, 0.15) is 12.5 Å². The molecule has 6 heteroatoms. The quantitative estimate of drug-likeness (QED) is 0.634. The molecule has 2 heterocycles. The molecule has 0 amide bonds. The van der Waals surface area contributed by atoms with Crippen molar-refractivity contribution in [3.8, 4) is 0 Å². The van der Waals surface area contributed by atoms with Gasteiger partial charge in [0.15, 0.2) is 11.2 Å². The third-order valence-corrected chi connectivity index (χ3v) is 2.00. The van der Waals surface area contributed by atoms with Crippen LogP contribution in [0, 0.1) is 0 Å². The summed E-state index contributed by atoms with van der Waals surface area (Å²) in [6.07, 6.45) is 4.35. The SMILES string of the molecule is CCOC(=O)C=Cc1cnc2[nH]c(=O)oc2c1. The van der Waals surface area contributed by atoms with Crippen LogP contribution >= 0.6 is 0 Å². The highest BCUT2D eigenvalue weighted by Gasteiger charge is 2.02. The first-order chi connectivity index (χ1) is 8.19. The molecule has 0 aromatic carbocycles. The fraction of sp³-hybridized carbons (Fsp3) is 0.182. The Balaban J connectivity index is 2.24. The van der Waals surface area contributed by atoms with Crippen molar-refractivity contribution in [3.05, 3.63) is 34.5 Å². The molecule has 17 heavy (non-hydrogen) atoms. The maximum atomic E-state index is 11.1. The predicted molar refractivity (Wildman–Crippen MR) is 60.3 cm³/mol. The van der Waals surface area contributed by atoms with Crippen LogP contribution < -0.4 is 5.76 Å². The van der Waals surface area contributed by atoms with Gasteiger partial charge in [-0.25, -0.2) is 14.6 Å². The number of carbonyl (C=O) groups is 1. The number of carbonyl (C=O) groups excluding carboxylic acids is 1. The van der Waals surface area contributed by atoms with Crippen LogP contribution in [0.25, 0.3) is 17.3 Å². The van der Waals surface area contributed by atoms with E-state index in [1.165, 1.54) is 18.3 Å². The molecule has 0 aliphatic heterocycles. The third-order valence-electron chi connectivity index (χ3n) is 2.00. The number of nitrogens with one attached hydrogen (secondary N) is 1. The molecule has 0 atom stereocenters. The van der Waals surface area contributed by atoms with Crippen molar-refractivity contribution in [1.82, 2.24) is 9.97 Å². The molecule has 1 N–H and O–H groups in total. The molecule has 0 aliphatic carbocycles. The Hall–Kier alpha value is -2.37. The minimum absolute atomic E-state index is 0.327. The molecule has 0 spiro atoms. The summed E-state index contributed by atoms with van der Waals surface area (Å²) < 4.78 is 9.57. The standard InChI is InChI=1S/C11H10N2O4/c1-2-16-9(14)4-3-7-5-8-10(12-6-7)13-11(15)17-8/h3-6H,2H2,1H3,(H,12,13,15). The number of oxazole rings is 1. The lowest BCUT2D eigenvalue weighted by Crippen LogP contribution is -1.98. The zero-order chi connectivity index (χ0) is 12.3. The van der Waals surface area contributed by atoms with Gasteiger partial charge >= 0.3 is 11.7 Å². The Morgan fingerprint density at radius 3 is 3.24 bits per heavy atom.